The highest BCUT2D eigenvalue weighted by Gasteiger charge is 2.13. The third-order valence-electron chi connectivity index (χ3n) is 2.30. The smallest absolute Gasteiger partial charge is 0.145 e. The van der Waals surface area contributed by atoms with E-state index in [0.29, 0.717) is 11.5 Å². The van der Waals surface area contributed by atoms with Gasteiger partial charge in [-0.05, 0) is 36.5 Å². The molecule has 0 atom stereocenters. The molecule has 13 heavy (non-hydrogen) atoms. The van der Waals surface area contributed by atoms with E-state index in [-0.39, 0.29) is 10.8 Å². The average molecular weight is 201 g/mol. The minimum absolute atomic E-state index is 0.252. The average Bonchev–Trinajstić information content (AvgIpc) is 2.07. The molecule has 0 spiro atoms. The standard InChI is InChI=1S/C11H14ClF/c1-6(2)9-5-7(3)10(12)11(13)8(9)4/h5-6H,1-4H3. The molecular weight excluding hydrogens is 187 g/mol. The predicted octanol–water partition coefficient (Wildman–Crippen LogP) is 4.22. The Morgan fingerprint density at radius 2 is 1.85 bits per heavy atom. The fraction of sp³-hybridized carbons (Fsp3) is 0.455. The van der Waals surface area contributed by atoms with Crippen LogP contribution >= 0.6 is 11.6 Å². The normalized spacial score (nSPS) is 11.0. The lowest BCUT2D eigenvalue weighted by molar-refractivity contribution is 0.611. The molecule has 0 aliphatic heterocycles. The zero-order chi connectivity index (χ0) is 10.2. The van der Waals surface area contributed by atoms with Crippen LogP contribution in [0.1, 0.15) is 36.5 Å². The largest absolute Gasteiger partial charge is 0.205 e. The fourth-order valence-electron chi connectivity index (χ4n) is 1.47. The number of hydrogen-bond acceptors (Lipinski definition) is 0. The van der Waals surface area contributed by atoms with Gasteiger partial charge in [0.25, 0.3) is 0 Å². The van der Waals surface area contributed by atoms with Crippen LogP contribution in [-0.4, -0.2) is 0 Å². The molecule has 0 bridgehead atoms. The molecular formula is C11H14ClF. The van der Waals surface area contributed by atoms with Gasteiger partial charge in [-0.25, -0.2) is 4.39 Å². The van der Waals surface area contributed by atoms with Gasteiger partial charge in [-0.15, -0.1) is 0 Å². The Kier molecular flexibility index (Phi) is 2.97. The van der Waals surface area contributed by atoms with Gasteiger partial charge in [0.1, 0.15) is 5.82 Å². The molecule has 0 aliphatic rings. The first-order valence-corrected chi connectivity index (χ1v) is 4.78. The second kappa shape index (κ2) is 3.67. The Labute approximate surface area is 83.7 Å². The van der Waals surface area contributed by atoms with Crippen LogP contribution in [0.4, 0.5) is 4.39 Å². The maximum absolute atomic E-state index is 13.5. The highest BCUT2D eigenvalue weighted by molar-refractivity contribution is 6.31. The lowest BCUT2D eigenvalue weighted by atomic mass is 9.96. The first-order valence-electron chi connectivity index (χ1n) is 4.40. The van der Waals surface area contributed by atoms with Crippen molar-refractivity contribution in [1.29, 1.82) is 0 Å². The van der Waals surface area contributed by atoms with Gasteiger partial charge in [0, 0.05) is 0 Å². The van der Waals surface area contributed by atoms with E-state index < -0.39 is 0 Å². The van der Waals surface area contributed by atoms with Crippen LogP contribution in [0.25, 0.3) is 0 Å². The molecule has 2 heteroatoms. The van der Waals surface area contributed by atoms with Gasteiger partial charge in [-0.3, -0.25) is 0 Å². The molecule has 0 saturated carbocycles. The summed E-state index contributed by atoms with van der Waals surface area (Å²) in [7, 11) is 0. The second-order valence-corrected chi connectivity index (χ2v) is 4.07. The van der Waals surface area contributed by atoms with E-state index in [1.807, 2.05) is 13.0 Å². The van der Waals surface area contributed by atoms with Gasteiger partial charge in [0.15, 0.2) is 0 Å². The molecule has 0 radical (unpaired) electrons. The first-order chi connectivity index (χ1) is 5.95. The summed E-state index contributed by atoms with van der Waals surface area (Å²) < 4.78 is 13.5. The molecule has 0 aromatic heterocycles. The zero-order valence-electron chi connectivity index (χ0n) is 8.41. The first kappa shape index (κ1) is 10.5. The molecule has 0 heterocycles. The summed E-state index contributed by atoms with van der Waals surface area (Å²) in [5.74, 6) is 0.0656. The summed E-state index contributed by atoms with van der Waals surface area (Å²) >= 11 is 5.78. The van der Waals surface area contributed by atoms with Crippen LogP contribution in [0.2, 0.25) is 5.02 Å². The van der Waals surface area contributed by atoms with Crippen molar-refractivity contribution in [2.75, 3.05) is 0 Å². The molecule has 0 nitrogen and oxygen atoms in total. The van der Waals surface area contributed by atoms with E-state index in [1.165, 1.54) is 0 Å². The highest BCUT2D eigenvalue weighted by Crippen LogP contribution is 2.29. The number of benzene rings is 1. The Balaban J connectivity index is 3.41. The van der Waals surface area contributed by atoms with Gasteiger partial charge in [0.05, 0.1) is 5.02 Å². The van der Waals surface area contributed by atoms with Crippen molar-refractivity contribution >= 4 is 11.6 Å². The van der Waals surface area contributed by atoms with Gasteiger partial charge in [0.2, 0.25) is 0 Å². The molecule has 1 aromatic carbocycles. The van der Waals surface area contributed by atoms with E-state index in [4.69, 9.17) is 11.6 Å². The summed E-state index contributed by atoms with van der Waals surface area (Å²) in [6.07, 6.45) is 0. The summed E-state index contributed by atoms with van der Waals surface area (Å²) in [5, 5.41) is 0.252. The Morgan fingerprint density at radius 3 is 2.31 bits per heavy atom. The molecule has 72 valence electrons. The zero-order valence-corrected chi connectivity index (χ0v) is 9.17. The van der Waals surface area contributed by atoms with Crippen molar-refractivity contribution in [2.45, 2.75) is 33.6 Å². The summed E-state index contributed by atoms with van der Waals surface area (Å²) in [6, 6.07) is 1.96. The van der Waals surface area contributed by atoms with Crippen molar-refractivity contribution in [2.24, 2.45) is 0 Å². The quantitative estimate of drug-likeness (QED) is 0.637. The van der Waals surface area contributed by atoms with E-state index >= 15 is 0 Å². The lowest BCUT2D eigenvalue weighted by Crippen LogP contribution is -1.98. The summed E-state index contributed by atoms with van der Waals surface area (Å²) in [6.45, 7) is 7.71. The summed E-state index contributed by atoms with van der Waals surface area (Å²) in [5.41, 5.74) is 2.53. The van der Waals surface area contributed by atoms with E-state index in [1.54, 1.807) is 6.92 Å². The minimum Gasteiger partial charge on any atom is -0.205 e. The molecule has 1 rings (SSSR count). The van der Waals surface area contributed by atoms with Crippen LogP contribution in [-0.2, 0) is 0 Å². The molecule has 0 aliphatic carbocycles. The monoisotopic (exact) mass is 200 g/mol. The van der Waals surface area contributed by atoms with Gasteiger partial charge < -0.3 is 0 Å². The molecule has 1 aromatic rings. The fourth-order valence-corrected chi connectivity index (χ4v) is 1.67. The lowest BCUT2D eigenvalue weighted by Gasteiger charge is -2.13. The van der Waals surface area contributed by atoms with E-state index in [2.05, 4.69) is 13.8 Å². The van der Waals surface area contributed by atoms with Crippen molar-refractivity contribution in [3.63, 3.8) is 0 Å². The minimum atomic E-state index is -0.273. The molecule has 0 N–H and O–H groups in total. The van der Waals surface area contributed by atoms with Crippen LogP contribution in [0, 0.1) is 19.7 Å². The summed E-state index contributed by atoms with van der Waals surface area (Å²) in [4.78, 5) is 0. The number of hydrogen-bond donors (Lipinski definition) is 0. The van der Waals surface area contributed by atoms with Crippen molar-refractivity contribution in [1.82, 2.24) is 0 Å². The van der Waals surface area contributed by atoms with Crippen LogP contribution in [0.3, 0.4) is 0 Å². The van der Waals surface area contributed by atoms with Crippen molar-refractivity contribution in [3.05, 3.63) is 33.6 Å². The molecule has 0 amide bonds. The van der Waals surface area contributed by atoms with Crippen molar-refractivity contribution in [3.8, 4) is 0 Å². The predicted molar refractivity (Wildman–Crippen MR) is 55.0 cm³/mol. The Bertz CT molecular complexity index is 329. The third-order valence-corrected chi connectivity index (χ3v) is 2.76. The van der Waals surface area contributed by atoms with Crippen LogP contribution in [0.15, 0.2) is 6.07 Å². The maximum Gasteiger partial charge on any atom is 0.145 e. The van der Waals surface area contributed by atoms with Gasteiger partial charge in [-0.1, -0.05) is 31.5 Å². The third kappa shape index (κ3) is 1.86. The second-order valence-electron chi connectivity index (χ2n) is 3.69. The highest BCUT2D eigenvalue weighted by atomic mass is 35.5. The number of halogens is 2. The number of rotatable bonds is 1. The molecule has 0 saturated heterocycles. The maximum atomic E-state index is 13.5. The van der Waals surface area contributed by atoms with Crippen LogP contribution in [0.5, 0.6) is 0 Å². The van der Waals surface area contributed by atoms with Crippen molar-refractivity contribution < 1.29 is 4.39 Å². The SMILES string of the molecule is Cc1cc(C(C)C)c(C)c(F)c1Cl. The van der Waals surface area contributed by atoms with Gasteiger partial charge >= 0.3 is 0 Å². The number of aryl methyl sites for hydroxylation is 1. The van der Waals surface area contributed by atoms with Gasteiger partial charge in [-0.2, -0.15) is 0 Å². The van der Waals surface area contributed by atoms with E-state index in [9.17, 15) is 4.39 Å². The molecule has 0 fully saturated rings. The Hall–Kier alpha value is -0.560. The van der Waals surface area contributed by atoms with E-state index in [0.717, 1.165) is 11.1 Å². The van der Waals surface area contributed by atoms with Crippen LogP contribution < -0.4 is 0 Å². The molecule has 0 unspecified atom stereocenters. The Morgan fingerprint density at radius 1 is 1.31 bits per heavy atom. The topological polar surface area (TPSA) is 0 Å².